The van der Waals surface area contributed by atoms with E-state index in [1.165, 1.54) is 12.1 Å². The molecule has 2 aromatic heterocycles. The van der Waals surface area contributed by atoms with Crippen LogP contribution in [0.2, 0.25) is 0 Å². The van der Waals surface area contributed by atoms with Crippen LogP contribution in [-0.2, 0) is 0 Å². The molecule has 23 heavy (non-hydrogen) atoms. The van der Waals surface area contributed by atoms with Gasteiger partial charge in [0.15, 0.2) is 17.1 Å². The second-order valence-corrected chi connectivity index (χ2v) is 4.98. The number of hydrogen-bond acceptors (Lipinski definition) is 6. The van der Waals surface area contributed by atoms with E-state index in [2.05, 4.69) is 20.7 Å². The normalized spacial score (nSPS) is 13.1. The van der Waals surface area contributed by atoms with Gasteiger partial charge in [0.1, 0.15) is 30.7 Å². The van der Waals surface area contributed by atoms with Gasteiger partial charge in [-0.25, -0.2) is 9.37 Å². The molecule has 0 amide bonds. The van der Waals surface area contributed by atoms with E-state index in [-0.39, 0.29) is 0 Å². The zero-order chi connectivity index (χ0) is 15.8. The third kappa shape index (κ3) is 2.37. The van der Waals surface area contributed by atoms with Gasteiger partial charge in [-0.05, 0) is 0 Å². The van der Waals surface area contributed by atoms with Gasteiger partial charge in [0.25, 0.3) is 0 Å². The fraction of sp³-hybridized carbons (Fsp3) is 0.200. The predicted octanol–water partition coefficient (Wildman–Crippen LogP) is 2.42. The van der Waals surface area contributed by atoms with Crippen molar-refractivity contribution in [3.8, 4) is 11.5 Å². The first kappa shape index (κ1) is 13.6. The number of halogens is 1. The second-order valence-electron chi connectivity index (χ2n) is 4.98. The summed E-state index contributed by atoms with van der Waals surface area (Å²) in [6.07, 6.45) is 1.66. The van der Waals surface area contributed by atoms with E-state index in [1.54, 1.807) is 29.9 Å². The fourth-order valence-corrected chi connectivity index (χ4v) is 2.51. The van der Waals surface area contributed by atoms with E-state index >= 15 is 0 Å². The summed E-state index contributed by atoms with van der Waals surface area (Å²) in [5.74, 6) is 1.77. The molecule has 0 radical (unpaired) electrons. The summed E-state index contributed by atoms with van der Waals surface area (Å²) in [5.41, 5.74) is 1.14. The Hall–Kier alpha value is -3.03. The molecule has 3 heterocycles. The first-order valence-electron chi connectivity index (χ1n) is 7.13. The maximum atomic E-state index is 13.8. The van der Waals surface area contributed by atoms with Gasteiger partial charge in [-0.2, -0.15) is 9.61 Å². The Bertz CT molecular complexity index is 880. The standard InChI is InChI=1S/C15H14FN5O2/c1-17-14-8-12(20-13-2-3-18-21(13)14)19-10-6-9(16)7-11-15(10)23-5-4-22-11/h2-3,6-8,17H,4-5H2,1H3,(H,19,20). The average molecular weight is 315 g/mol. The highest BCUT2D eigenvalue weighted by Crippen LogP contribution is 2.39. The number of fused-ring (bicyclic) bond motifs is 2. The Morgan fingerprint density at radius 2 is 2.09 bits per heavy atom. The highest BCUT2D eigenvalue weighted by molar-refractivity contribution is 5.71. The molecule has 4 rings (SSSR count). The molecule has 1 aliphatic heterocycles. The molecule has 0 fully saturated rings. The number of nitrogens with zero attached hydrogens (tertiary/aromatic N) is 3. The lowest BCUT2D eigenvalue weighted by Gasteiger charge is -2.21. The molecule has 3 aromatic rings. The minimum Gasteiger partial charge on any atom is -0.486 e. The van der Waals surface area contributed by atoms with Crippen LogP contribution in [0.3, 0.4) is 0 Å². The lowest BCUT2D eigenvalue weighted by atomic mass is 10.2. The molecular weight excluding hydrogens is 301 g/mol. The summed E-state index contributed by atoms with van der Waals surface area (Å²) in [6, 6.07) is 6.23. The van der Waals surface area contributed by atoms with Crippen molar-refractivity contribution in [1.82, 2.24) is 14.6 Å². The Kier molecular flexibility index (Phi) is 3.14. The SMILES string of the molecule is CNc1cc(Nc2cc(F)cc3c2OCCO3)nc2ccnn12. The summed E-state index contributed by atoms with van der Waals surface area (Å²) in [4.78, 5) is 4.45. The number of aromatic nitrogens is 3. The first-order valence-corrected chi connectivity index (χ1v) is 7.13. The lowest BCUT2D eigenvalue weighted by molar-refractivity contribution is 0.172. The first-order chi connectivity index (χ1) is 11.2. The van der Waals surface area contributed by atoms with Gasteiger partial charge in [-0.15, -0.1) is 0 Å². The zero-order valence-electron chi connectivity index (χ0n) is 12.3. The predicted molar refractivity (Wildman–Crippen MR) is 83.2 cm³/mol. The van der Waals surface area contributed by atoms with E-state index in [1.807, 2.05) is 0 Å². The molecule has 0 saturated heterocycles. The van der Waals surface area contributed by atoms with Crippen LogP contribution in [0.5, 0.6) is 11.5 Å². The summed E-state index contributed by atoms with van der Waals surface area (Å²) in [7, 11) is 1.79. The van der Waals surface area contributed by atoms with Crippen molar-refractivity contribution < 1.29 is 13.9 Å². The Morgan fingerprint density at radius 3 is 2.96 bits per heavy atom. The topological polar surface area (TPSA) is 72.7 Å². The smallest absolute Gasteiger partial charge is 0.185 e. The monoisotopic (exact) mass is 315 g/mol. The van der Waals surface area contributed by atoms with Gasteiger partial charge in [0.05, 0.1) is 11.9 Å². The molecule has 0 unspecified atom stereocenters. The van der Waals surface area contributed by atoms with Gasteiger partial charge in [0, 0.05) is 31.3 Å². The van der Waals surface area contributed by atoms with E-state index in [4.69, 9.17) is 9.47 Å². The Labute approximate surface area is 131 Å². The summed E-state index contributed by atoms with van der Waals surface area (Å²) < 4.78 is 26.5. The minimum atomic E-state index is -0.406. The summed E-state index contributed by atoms with van der Waals surface area (Å²) >= 11 is 0. The number of hydrogen-bond donors (Lipinski definition) is 2. The van der Waals surface area contributed by atoms with Crippen molar-refractivity contribution in [2.45, 2.75) is 0 Å². The Balaban J connectivity index is 1.77. The van der Waals surface area contributed by atoms with E-state index in [9.17, 15) is 4.39 Å². The third-order valence-electron chi connectivity index (χ3n) is 3.49. The van der Waals surface area contributed by atoms with Gasteiger partial charge in [0.2, 0.25) is 0 Å². The van der Waals surface area contributed by atoms with Crippen molar-refractivity contribution in [2.24, 2.45) is 0 Å². The van der Waals surface area contributed by atoms with Crippen LogP contribution in [0.4, 0.5) is 21.7 Å². The number of benzene rings is 1. The van der Waals surface area contributed by atoms with E-state index < -0.39 is 5.82 Å². The molecule has 0 aliphatic carbocycles. The molecule has 0 atom stereocenters. The van der Waals surface area contributed by atoms with Crippen molar-refractivity contribution in [3.63, 3.8) is 0 Å². The highest BCUT2D eigenvalue weighted by atomic mass is 19.1. The maximum absolute atomic E-state index is 13.8. The number of rotatable bonds is 3. The quantitative estimate of drug-likeness (QED) is 0.773. The minimum absolute atomic E-state index is 0.387. The fourth-order valence-electron chi connectivity index (χ4n) is 2.51. The zero-order valence-corrected chi connectivity index (χ0v) is 12.3. The molecule has 2 N–H and O–H groups in total. The lowest BCUT2D eigenvalue weighted by Crippen LogP contribution is -2.16. The average Bonchev–Trinajstić information content (AvgIpc) is 3.02. The highest BCUT2D eigenvalue weighted by Gasteiger charge is 2.19. The molecular formula is C15H14FN5O2. The second kappa shape index (κ2) is 5.31. The summed E-state index contributed by atoms with van der Waals surface area (Å²) in [6.45, 7) is 0.823. The van der Waals surface area contributed by atoms with Gasteiger partial charge in [-0.3, -0.25) is 0 Å². The van der Waals surface area contributed by atoms with E-state index in [0.29, 0.717) is 41.9 Å². The summed E-state index contributed by atoms with van der Waals surface area (Å²) in [5, 5.41) is 10.3. The largest absolute Gasteiger partial charge is 0.486 e. The third-order valence-corrected chi connectivity index (χ3v) is 3.49. The molecule has 0 bridgehead atoms. The maximum Gasteiger partial charge on any atom is 0.185 e. The van der Waals surface area contributed by atoms with Crippen molar-refractivity contribution in [3.05, 3.63) is 36.3 Å². The van der Waals surface area contributed by atoms with Crippen molar-refractivity contribution in [2.75, 3.05) is 30.9 Å². The number of nitrogens with one attached hydrogen (secondary N) is 2. The van der Waals surface area contributed by atoms with Gasteiger partial charge < -0.3 is 20.1 Å². The van der Waals surface area contributed by atoms with Crippen molar-refractivity contribution >= 4 is 23.0 Å². The van der Waals surface area contributed by atoms with Crippen LogP contribution in [-0.4, -0.2) is 34.9 Å². The van der Waals surface area contributed by atoms with Crippen molar-refractivity contribution in [1.29, 1.82) is 0 Å². The van der Waals surface area contributed by atoms with Crippen LogP contribution in [0.25, 0.3) is 5.65 Å². The number of anilines is 3. The Morgan fingerprint density at radius 1 is 1.22 bits per heavy atom. The van der Waals surface area contributed by atoms with Crippen LogP contribution >= 0.6 is 0 Å². The molecule has 1 aliphatic rings. The number of ether oxygens (including phenoxy) is 2. The van der Waals surface area contributed by atoms with Crippen LogP contribution in [0.1, 0.15) is 0 Å². The van der Waals surface area contributed by atoms with Gasteiger partial charge >= 0.3 is 0 Å². The van der Waals surface area contributed by atoms with Gasteiger partial charge in [-0.1, -0.05) is 0 Å². The molecule has 0 saturated carbocycles. The van der Waals surface area contributed by atoms with E-state index in [0.717, 1.165) is 5.82 Å². The van der Waals surface area contributed by atoms with Crippen LogP contribution in [0, 0.1) is 5.82 Å². The molecule has 7 nitrogen and oxygen atoms in total. The molecule has 118 valence electrons. The molecule has 8 heteroatoms. The molecule has 1 aromatic carbocycles. The van der Waals surface area contributed by atoms with Crippen LogP contribution in [0.15, 0.2) is 30.5 Å². The van der Waals surface area contributed by atoms with Crippen LogP contribution < -0.4 is 20.1 Å². The molecule has 0 spiro atoms.